The minimum Gasteiger partial charge on any atom is -0.394 e. The number of benzene rings is 1. The van der Waals surface area contributed by atoms with E-state index in [-0.39, 0.29) is 23.7 Å². The van der Waals surface area contributed by atoms with Crippen LogP contribution in [0.15, 0.2) is 30.3 Å². The molecule has 2 aliphatic rings. The van der Waals surface area contributed by atoms with Gasteiger partial charge in [0.25, 0.3) is 0 Å². The Morgan fingerprint density at radius 1 is 1.23 bits per heavy atom. The maximum Gasteiger partial charge on any atom is 0.319 e. The number of urea groups is 1. The highest BCUT2D eigenvalue weighted by molar-refractivity contribution is 8.24. The molecule has 0 radical (unpaired) electrons. The average Bonchev–Trinajstić information content (AvgIpc) is 3.65. The van der Waals surface area contributed by atoms with Gasteiger partial charge in [0, 0.05) is 29.1 Å². The molecule has 10 nitrogen and oxygen atoms in total. The van der Waals surface area contributed by atoms with Gasteiger partial charge in [-0.05, 0) is 57.9 Å². The summed E-state index contributed by atoms with van der Waals surface area (Å²) in [6, 6.07) is 8.72. The Kier molecular flexibility index (Phi) is 7.53. The Morgan fingerprint density at radius 2 is 1.94 bits per heavy atom. The lowest BCUT2D eigenvalue weighted by atomic mass is 10.1. The van der Waals surface area contributed by atoms with Crippen molar-refractivity contribution in [2.45, 2.75) is 56.2 Å². The first-order valence-electron chi connectivity index (χ1n) is 11.8. The van der Waals surface area contributed by atoms with E-state index in [1.807, 2.05) is 18.2 Å². The molecule has 4 rings (SSSR count). The van der Waals surface area contributed by atoms with Crippen LogP contribution in [0.4, 0.5) is 16.3 Å². The Hall–Kier alpha value is -2.44. The second kappa shape index (κ2) is 10.3. The van der Waals surface area contributed by atoms with E-state index in [0.29, 0.717) is 37.0 Å². The first-order chi connectivity index (χ1) is 16.6. The van der Waals surface area contributed by atoms with Crippen molar-refractivity contribution in [2.75, 3.05) is 36.6 Å². The quantitative estimate of drug-likeness (QED) is 0.366. The zero-order valence-corrected chi connectivity index (χ0v) is 21.2. The van der Waals surface area contributed by atoms with Crippen LogP contribution in [0, 0.1) is 0 Å². The van der Waals surface area contributed by atoms with Crippen molar-refractivity contribution < 1.29 is 23.7 Å². The third kappa shape index (κ3) is 6.62. The summed E-state index contributed by atoms with van der Waals surface area (Å²) in [5.74, 6) is 1.33. The number of nitrogens with one attached hydrogen (secondary N) is 2. The number of aromatic nitrogens is 2. The molecule has 192 valence electrons. The van der Waals surface area contributed by atoms with Gasteiger partial charge in [0.15, 0.2) is 5.82 Å². The van der Waals surface area contributed by atoms with Gasteiger partial charge in [-0.25, -0.2) is 14.8 Å². The summed E-state index contributed by atoms with van der Waals surface area (Å²) in [7, 11) is -2.74. The molecule has 1 aromatic carbocycles. The van der Waals surface area contributed by atoms with Crippen LogP contribution in [0.3, 0.4) is 0 Å². The van der Waals surface area contributed by atoms with E-state index < -0.39 is 22.2 Å². The van der Waals surface area contributed by atoms with E-state index in [9.17, 15) is 19.0 Å². The predicted molar refractivity (Wildman–Crippen MR) is 138 cm³/mol. The highest BCUT2D eigenvalue weighted by Gasteiger charge is 2.36. The van der Waals surface area contributed by atoms with Crippen LogP contribution in [0.1, 0.15) is 39.3 Å². The van der Waals surface area contributed by atoms with Gasteiger partial charge in [-0.15, -0.1) is 0 Å². The lowest BCUT2D eigenvalue weighted by molar-refractivity contribution is 0.0985. The van der Waals surface area contributed by atoms with E-state index in [2.05, 4.69) is 27.4 Å². The molecule has 1 aliphatic carbocycles. The molecule has 35 heavy (non-hydrogen) atoms. The van der Waals surface area contributed by atoms with Gasteiger partial charge < -0.3 is 25.4 Å². The zero-order valence-electron chi connectivity index (χ0n) is 20.4. The number of anilines is 2. The fourth-order valence-corrected chi connectivity index (χ4v) is 5.60. The lowest BCUT2D eigenvalue weighted by Crippen LogP contribution is -2.48. The molecule has 1 aromatic heterocycles. The standard InChI is InChI=1S/C24H35N5O5S/c1-16-13-34-11-10-29(16)21-12-19(14-35(32,33)20-8-9-20)25-22(27-21)17-4-6-18(7-5-17)26-23(31)28-24(2,3)15-30/h4-7,12,16,20,30,32-33H,8-11,13-15H2,1-3H3,(H2,26,28,31)/t16-/m0/s1. The maximum atomic E-state index is 12.2. The molecular formula is C24H35N5O5S. The Morgan fingerprint density at radius 3 is 2.57 bits per heavy atom. The zero-order chi connectivity index (χ0) is 25.2. The number of hydrogen-bond acceptors (Lipinski definition) is 8. The summed E-state index contributed by atoms with van der Waals surface area (Å²) >= 11 is 0. The average molecular weight is 506 g/mol. The van der Waals surface area contributed by atoms with Gasteiger partial charge in [-0.3, -0.25) is 9.11 Å². The minimum absolute atomic E-state index is 0.0426. The first-order valence-corrected chi connectivity index (χ1v) is 13.6. The Bertz CT molecular complexity index is 1050. The fourth-order valence-electron chi connectivity index (χ4n) is 3.89. The number of aliphatic hydroxyl groups is 1. The second-order valence-corrected chi connectivity index (χ2v) is 12.3. The number of nitrogens with zero attached hydrogens (tertiary/aromatic N) is 3. The normalized spacial score (nSPS) is 19.4. The van der Waals surface area contributed by atoms with E-state index in [1.165, 1.54) is 0 Å². The molecule has 0 spiro atoms. The molecule has 0 unspecified atom stereocenters. The van der Waals surface area contributed by atoms with Crippen molar-refractivity contribution in [1.29, 1.82) is 0 Å². The molecule has 2 fully saturated rings. The van der Waals surface area contributed by atoms with Crippen molar-refractivity contribution in [2.24, 2.45) is 0 Å². The molecule has 11 heteroatoms. The number of hydrogen-bond donors (Lipinski definition) is 5. The third-order valence-electron chi connectivity index (χ3n) is 6.09. The molecule has 1 atom stereocenters. The van der Waals surface area contributed by atoms with Crippen molar-refractivity contribution >= 4 is 28.1 Å². The van der Waals surface area contributed by atoms with Crippen LogP contribution in [0.25, 0.3) is 11.4 Å². The van der Waals surface area contributed by atoms with Crippen LogP contribution in [-0.2, 0) is 10.5 Å². The highest BCUT2D eigenvalue weighted by Crippen LogP contribution is 2.57. The summed E-state index contributed by atoms with van der Waals surface area (Å²) in [6.07, 6.45) is 1.68. The fraction of sp³-hybridized carbons (Fsp3) is 0.542. The molecule has 2 amide bonds. The van der Waals surface area contributed by atoms with E-state index in [1.54, 1.807) is 26.0 Å². The minimum atomic E-state index is -2.74. The topological polar surface area (TPSA) is 140 Å². The summed E-state index contributed by atoms with van der Waals surface area (Å²) in [6.45, 7) is 7.24. The van der Waals surface area contributed by atoms with Gasteiger partial charge in [0.05, 0.1) is 42.8 Å². The SMILES string of the molecule is C[C@H]1COCCN1c1cc(CS(O)(O)C2CC2)nc(-c2ccc(NC(=O)NC(C)(C)CO)cc2)n1. The lowest BCUT2D eigenvalue weighted by Gasteiger charge is -2.35. The number of amides is 2. The largest absolute Gasteiger partial charge is 0.394 e. The van der Waals surface area contributed by atoms with Crippen molar-refractivity contribution in [3.8, 4) is 11.4 Å². The van der Waals surface area contributed by atoms with Crippen LogP contribution < -0.4 is 15.5 Å². The van der Waals surface area contributed by atoms with Gasteiger partial charge >= 0.3 is 6.03 Å². The molecule has 1 saturated carbocycles. The molecule has 1 saturated heterocycles. The van der Waals surface area contributed by atoms with Gasteiger partial charge in [0.1, 0.15) is 5.82 Å². The van der Waals surface area contributed by atoms with E-state index in [4.69, 9.17) is 9.72 Å². The monoisotopic (exact) mass is 505 g/mol. The summed E-state index contributed by atoms with van der Waals surface area (Å²) in [5.41, 5.74) is 1.20. The van der Waals surface area contributed by atoms with Gasteiger partial charge in [-0.1, -0.05) is 0 Å². The third-order valence-corrected chi connectivity index (χ3v) is 8.35. The number of carbonyl (C=O) groups excluding carboxylic acids is 1. The van der Waals surface area contributed by atoms with Crippen LogP contribution in [-0.4, -0.2) is 73.4 Å². The Labute approximate surface area is 207 Å². The maximum absolute atomic E-state index is 12.2. The van der Waals surface area contributed by atoms with Crippen LogP contribution in [0.5, 0.6) is 0 Å². The van der Waals surface area contributed by atoms with Crippen LogP contribution >= 0.6 is 10.6 Å². The molecule has 2 aromatic rings. The summed E-state index contributed by atoms with van der Waals surface area (Å²) < 4.78 is 26.8. The predicted octanol–water partition coefficient (Wildman–Crippen LogP) is 3.67. The summed E-state index contributed by atoms with van der Waals surface area (Å²) in [4.78, 5) is 23.8. The summed E-state index contributed by atoms with van der Waals surface area (Å²) in [5, 5.41) is 14.8. The molecule has 0 bridgehead atoms. The second-order valence-electron chi connectivity index (χ2n) is 9.92. The van der Waals surface area contributed by atoms with Crippen molar-refractivity contribution in [1.82, 2.24) is 15.3 Å². The van der Waals surface area contributed by atoms with E-state index >= 15 is 0 Å². The Balaban J connectivity index is 1.58. The van der Waals surface area contributed by atoms with Gasteiger partial charge in [0.2, 0.25) is 0 Å². The first kappa shape index (κ1) is 25.6. The van der Waals surface area contributed by atoms with Crippen LogP contribution in [0.2, 0.25) is 0 Å². The molecule has 1 aliphatic heterocycles. The number of carbonyl (C=O) groups is 1. The number of ether oxygens (including phenoxy) is 1. The number of morpholine rings is 1. The highest BCUT2D eigenvalue weighted by atomic mass is 32.3. The number of aliphatic hydroxyl groups excluding tert-OH is 1. The molecular weight excluding hydrogens is 470 g/mol. The smallest absolute Gasteiger partial charge is 0.319 e. The number of rotatable bonds is 8. The molecule has 5 N–H and O–H groups in total. The van der Waals surface area contributed by atoms with E-state index in [0.717, 1.165) is 24.2 Å². The van der Waals surface area contributed by atoms with Crippen molar-refractivity contribution in [3.63, 3.8) is 0 Å². The van der Waals surface area contributed by atoms with Gasteiger partial charge in [-0.2, -0.15) is 10.6 Å². The molecule has 2 heterocycles. The van der Waals surface area contributed by atoms with Crippen molar-refractivity contribution in [3.05, 3.63) is 36.0 Å².